The Morgan fingerprint density at radius 2 is 2.00 bits per heavy atom. The molecule has 0 saturated carbocycles. The summed E-state index contributed by atoms with van der Waals surface area (Å²) in [5, 5.41) is 6.97. The van der Waals surface area contributed by atoms with E-state index in [-0.39, 0.29) is 41.3 Å². The number of nitrogens with zero attached hydrogens (tertiary/aromatic N) is 3. The smallest absolute Gasteiger partial charge is 0.213 e. The number of likely N-dealkylation sites (tertiary alicyclic amines) is 1. The van der Waals surface area contributed by atoms with E-state index in [1.165, 1.54) is 6.07 Å². The minimum absolute atomic E-state index is 0. The van der Waals surface area contributed by atoms with Gasteiger partial charge in [-0.3, -0.25) is 9.89 Å². The highest BCUT2D eigenvalue weighted by molar-refractivity contribution is 14.0. The monoisotopic (exact) mass is 563 g/mol. The van der Waals surface area contributed by atoms with Gasteiger partial charge in [0.2, 0.25) is 5.89 Å². The number of nitrogens with one attached hydrogen (secondary N) is 2. The van der Waals surface area contributed by atoms with Crippen LogP contribution in [-0.2, 0) is 12.0 Å². The fourth-order valence-corrected chi connectivity index (χ4v) is 3.90. The second kappa shape index (κ2) is 11.5. The number of aliphatic imine (C=N–C) groups is 1. The molecule has 31 heavy (non-hydrogen) atoms. The third-order valence-corrected chi connectivity index (χ3v) is 5.63. The maximum atomic E-state index is 14.6. The number of guanidine groups is 1. The van der Waals surface area contributed by atoms with Crippen LogP contribution in [0.2, 0.25) is 5.02 Å². The number of benzene rings is 1. The summed E-state index contributed by atoms with van der Waals surface area (Å²) in [5.74, 6) is 1.75. The van der Waals surface area contributed by atoms with E-state index < -0.39 is 0 Å². The third-order valence-electron chi connectivity index (χ3n) is 5.30. The number of hydrogen-bond acceptors (Lipinski definition) is 4. The molecule has 1 saturated heterocycles. The average Bonchev–Trinajstić information content (AvgIpc) is 3.38. The molecule has 2 heterocycles. The molecule has 0 spiro atoms. The fourth-order valence-electron chi connectivity index (χ4n) is 3.61. The van der Waals surface area contributed by atoms with Crippen molar-refractivity contribution in [2.75, 3.05) is 26.7 Å². The summed E-state index contributed by atoms with van der Waals surface area (Å²) in [6.07, 6.45) is 3.97. The van der Waals surface area contributed by atoms with Crippen LogP contribution in [0.3, 0.4) is 0 Å². The Morgan fingerprint density at radius 1 is 1.29 bits per heavy atom. The molecule has 6 nitrogen and oxygen atoms in total. The van der Waals surface area contributed by atoms with E-state index >= 15 is 0 Å². The van der Waals surface area contributed by atoms with Gasteiger partial charge in [0, 0.05) is 29.6 Å². The molecule has 172 valence electrons. The summed E-state index contributed by atoms with van der Waals surface area (Å²) < 4.78 is 20.4. The van der Waals surface area contributed by atoms with Gasteiger partial charge in [0.05, 0.1) is 18.8 Å². The van der Waals surface area contributed by atoms with E-state index in [2.05, 4.69) is 46.3 Å². The molecule has 0 radical (unpaired) electrons. The lowest BCUT2D eigenvalue weighted by atomic mass is 9.94. The molecule has 9 heteroatoms. The Hall–Kier alpha value is -1.39. The van der Waals surface area contributed by atoms with Gasteiger partial charge in [0.1, 0.15) is 11.6 Å². The van der Waals surface area contributed by atoms with E-state index in [0.717, 1.165) is 31.7 Å². The van der Waals surface area contributed by atoms with Gasteiger partial charge in [-0.05, 0) is 38.1 Å². The summed E-state index contributed by atoms with van der Waals surface area (Å²) in [5.41, 5.74) is 0.444. The Morgan fingerprint density at radius 3 is 2.58 bits per heavy atom. The molecule has 1 fully saturated rings. The highest BCUT2D eigenvalue weighted by Gasteiger charge is 2.28. The van der Waals surface area contributed by atoms with Gasteiger partial charge >= 0.3 is 0 Å². The first kappa shape index (κ1) is 25.9. The molecule has 1 aromatic heterocycles. The van der Waals surface area contributed by atoms with Gasteiger partial charge in [0.15, 0.2) is 5.96 Å². The van der Waals surface area contributed by atoms with Gasteiger partial charge in [-0.15, -0.1) is 24.0 Å². The zero-order valence-corrected chi connectivity index (χ0v) is 21.6. The van der Waals surface area contributed by atoms with Crippen molar-refractivity contribution in [2.24, 2.45) is 4.99 Å². The zero-order valence-electron chi connectivity index (χ0n) is 18.5. The SMILES string of the molecule is CN=C(NCc1ncc(C(C)(C)C)o1)NCC(c1c(F)cccc1Cl)N1CCCC1.I. The highest BCUT2D eigenvalue weighted by atomic mass is 127. The molecule has 1 atom stereocenters. The lowest BCUT2D eigenvalue weighted by Gasteiger charge is -2.29. The van der Waals surface area contributed by atoms with Gasteiger partial charge in [-0.1, -0.05) is 38.4 Å². The van der Waals surface area contributed by atoms with Crippen molar-refractivity contribution in [1.29, 1.82) is 0 Å². The first-order chi connectivity index (χ1) is 14.3. The molecule has 2 aromatic rings. The number of halogens is 3. The van der Waals surface area contributed by atoms with Crippen LogP contribution in [0.5, 0.6) is 0 Å². The predicted octanol–water partition coefficient (Wildman–Crippen LogP) is 4.88. The standard InChI is InChI=1S/C22H31ClFN5O.HI/c1-22(2,3)18-13-26-19(30-18)14-28-21(25-4)27-12-17(29-10-5-6-11-29)20-15(23)8-7-9-16(20)24;/h7-9,13,17H,5-6,10-12,14H2,1-4H3,(H2,25,27,28);1H. The Labute approximate surface area is 206 Å². The average molecular weight is 564 g/mol. The lowest BCUT2D eigenvalue weighted by Crippen LogP contribution is -2.42. The van der Waals surface area contributed by atoms with Crippen LogP contribution in [0, 0.1) is 5.82 Å². The Kier molecular flexibility index (Phi) is 9.57. The predicted molar refractivity (Wildman–Crippen MR) is 134 cm³/mol. The van der Waals surface area contributed by atoms with E-state index in [0.29, 0.717) is 35.5 Å². The summed E-state index contributed by atoms with van der Waals surface area (Å²) in [4.78, 5) is 10.9. The third kappa shape index (κ3) is 6.79. The topological polar surface area (TPSA) is 65.7 Å². The van der Waals surface area contributed by atoms with Crippen LogP contribution < -0.4 is 10.6 Å². The largest absolute Gasteiger partial charge is 0.443 e. The van der Waals surface area contributed by atoms with Crippen molar-refractivity contribution < 1.29 is 8.81 Å². The van der Waals surface area contributed by atoms with E-state index in [9.17, 15) is 4.39 Å². The van der Waals surface area contributed by atoms with Gasteiger partial charge < -0.3 is 15.1 Å². The Balaban J connectivity index is 0.00000341. The van der Waals surface area contributed by atoms with Crippen LogP contribution in [0.15, 0.2) is 33.8 Å². The molecule has 0 aliphatic carbocycles. The first-order valence-electron chi connectivity index (χ1n) is 10.4. The highest BCUT2D eigenvalue weighted by Crippen LogP contribution is 2.32. The van der Waals surface area contributed by atoms with Crippen molar-refractivity contribution in [3.63, 3.8) is 0 Å². The summed E-state index contributed by atoms with van der Waals surface area (Å²) in [6, 6.07) is 4.67. The molecule has 0 bridgehead atoms. The van der Waals surface area contributed by atoms with Crippen LogP contribution in [0.4, 0.5) is 4.39 Å². The van der Waals surface area contributed by atoms with Crippen LogP contribution in [-0.4, -0.2) is 42.5 Å². The number of aromatic nitrogens is 1. The summed E-state index contributed by atoms with van der Waals surface area (Å²) >= 11 is 6.37. The second-order valence-electron chi connectivity index (χ2n) is 8.57. The van der Waals surface area contributed by atoms with Gasteiger partial charge in [0.25, 0.3) is 0 Å². The van der Waals surface area contributed by atoms with Crippen molar-refractivity contribution in [1.82, 2.24) is 20.5 Å². The van der Waals surface area contributed by atoms with Gasteiger partial charge in [-0.2, -0.15) is 0 Å². The summed E-state index contributed by atoms with van der Waals surface area (Å²) in [6.45, 7) is 8.99. The van der Waals surface area contributed by atoms with Crippen molar-refractivity contribution in [2.45, 2.75) is 51.6 Å². The molecule has 1 aliphatic rings. The minimum Gasteiger partial charge on any atom is -0.443 e. The molecule has 3 rings (SSSR count). The molecule has 2 N–H and O–H groups in total. The quantitative estimate of drug-likeness (QED) is 0.298. The summed E-state index contributed by atoms with van der Waals surface area (Å²) in [7, 11) is 1.70. The van der Waals surface area contributed by atoms with Crippen LogP contribution >= 0.6 is 35.6 Å². The maximum absolute atomic E-state index is 14.6. The van der Waals surface area contributed by atoms with Gasteiger partial charge in [-0.25, -0.2) is 9.37 Å². The molecule has 1 aromatic carbocycles. The number of hydrogen-bond donors (Lipinski definition) is 2. The number of oxazole rings is 1. The van der Waals surface area contributed by atoms with Crippen molar-refractivity contribution >= 4 is 41.5 Å². The normalized spacial score (nSPS) is 16.1. The Bertz CT molecular complexity index is 857. The van der Waals surface area contributed by atoms with E-state index in [4.69, 9.17) is 16.0 Å². The van der Waals surface area contributed by atoms with Crippen LogP contribution in [0.1, 0.15) is 56.9 Å². The van der Waals surface area contributed by atoms with E-state index in [1.54, 1.807) is 25.4 Å². The van der Waals surface area contributed by atoms with Crippen molar-refractivity contribution in [3.8, 4) is 0 Å². The first-order valence-corrected chi connectivity index (χ1v) is 10.7. The van der Waals surface area contributed by atoms with E-state index in [1.807, 2.05) is 0 Å². The molecule has 0 amide bonds. The maximum Gasteiger partial charge on any atom is 0.213 e. The minimum atomic E-state index is -0.279. The number of rotatable bonds is 6. The lowest BCUT2D eigenvalue weighted by molar-refractivity contribution is 0.240. The zero-order chi connectivity index (χ0) is 21.7. The second-order valence-corrected chi connectivity index (χ2v) is 8.98. The molecular weight excluding hydrogens is 532 g/mol. The molecular formula is C22H32ClFIN5O. The van der Waals surface area contributed by atoms with Crippen LogP contribution in [0.25, 0.3) is 0 Å². The molecule has 1 unspecified atom stereocenters. The molecule has 1 aliphatic heterocycles. The fraction of sp³-hybridized carbons (Fsp3) is 0.545. The van der Waals surface area contributed by atoms with Crippen molar-refractivity contribution in [3.05, 3.63) is 52.5 Å².